The van der Waals surface area contributed by atoms with Crippen molar-refractivity contribution in [2.45, 2.75) is 18.7 Å². The minimum Gasteiger partial charge on any atom is -0.497 e. The molecule has 0 atom stereocenters. The number of halogens is 1. The van der Waals surface area contributed by atoms with Crippen molar-refractivity contribution in [2.75, 3.05) is 23.3 Å². The first-order valence-corrected chi connectivity index (χ1v) is 13.4. The van der Waals surface area contributed by atoms with E-state index < -0.39 is 22.5 Å². The van der Waals surface area contributed by atoms with Gasteiger partial charge in [0.2, 0.25) is 11.0 Å². The third-order valence-electron chi connectivity index (χ3n) is 5.35. The lowest BCUT2D eigenvalue weighted by molar-refractivity contribution is -0.114. The lowest BCUT2D eigenvalue weighted by atomic mass is 10.2. The van der Waals surface area contributed by atoms with E-state index >= 15 is 0 Å². The normalized spacial score (nSPS) is 11.2. The average molecular weight is 543 g/mol. The van der Waals surface area contributed by atoms with E-state index in [0.29, 0.717) is 15.8 Å². The summed E-state index contributed by atoms with van der Waals surface area (Å²) in [5.41, 5.74) is 2.79. The van der Waals surface area contributed by atoms with Crippen LogP contribution in [0.4, 0.5) is 10.8 Å². The number of sulfonamides is 1. The van der Waals surface area contributed by atoms with Crippen molar-refractivity contribution < 1.29 is 17.9 Å². The highest BCUT2D eigenvalue weighted by molar-refractivity contribution is 7.92. The zero-order valence-corrected chi connectivity index (χ0v) is 22.1. The van der Waals surface area contributed by atoms with E-state index in [1.165, 1.54) is 29.5 Å². The van der Waals surface area contributed by atoms with E-state index in [4.69, 9.17) is 16.3 Å². The van der Waals surface area contributed by atoms with E-state index in [1.54, 1.807) is 43.5 Å². The van der Waals surface area contributed by atoms with E-state index in [2.05, 4.69) is 15.5 Å². The van der Waals surface area contributed by atoms with Gasteiger partial charge < -0.3 is 4.74 Å². The number of hydrogen-bond donors (Lipinski definition) is 1. The molecule has 186 valence electrons. The summed E-state index contributed by atoms with van der Waals surface area (Å²) >= 11 is 7.45. The maximum atomic E-state index is 13.5. The Bertz CT molecular complexity index is 1490. The van der Waals surface area contributed by atoms with Crippen LogP contribution in [-0.2, 0) is 14.8 Å². The summed E-state index contributed by atoms with van der Waals surface area (Å²) in [7, 11) is -2.48. The van der Waals surface area contributed by atoms with E-state index in [1.807, 2.05) is 26.0 Å². The Morgan fingerprint density at radius 1 is 1.03 bits per heavy atom. The van der Waals surface area contributed by atoms with Crippen LogP contribution in [0, 0.1) is 13.8 Å². The molecule has 0 spiro atoms. The number of hydrogen-bond acceptors (Lipinski definition) is 7. The standard InChI is InChI=1S/C25H23ClN4O4S2/c1-16-4-12-21(13-5-16)36(32,33)30(19-9-6-17(2)22(26)14-19)15-23(31)27-25-29-28-24(35-25)18-7-10-20(34-3)11-8-18/h4-14H,15H2,1-3H3,(H,27,29,31). The van der Waals surface area contributed by atoms with Crippen molar-refractivity contribution in [3.05, 3.63) is 82.9 Å². The first kappa shape index (κ1) is 25.6. The highest BCUT2D eigenvalue weighted by Crippen LogP contribution is 2.30. The number of aryl methyl sites for hydroxylation is 2. The molecule has 3 aromatic carbocycles. The van der Waals surface area contributed by atoms with Crippen molar-refractivity contribution in [3.8, 4) is 16.3 Å². The highest BCUT2D eigenvalue weighted by atomic mass is 35.5. The fourth-order valence-corrected chi connectivity index (χ4v) is 5.66. The van der Waals surface area contributed by atoms with Gasteiger partial charge in [-0.2, -0.15) is 0 Å². The van der Waals surface area contributed by atoms with Gasteiger partial charge in [0.05, 0.1) is 17.7 Å². The molecule has 1 N–H and O–H groups in total. The van der Waals surface area contributed by atoms with Gasteiger partial charge in [-0.15, -0.1) is 10.2 Å². The molecule has 0 aliphatic carbocycles. The molecular formula is C25H23ClN4O4S2. The lowest BCUT2D eigenvalue weighted by Gasteiger charge is -2.24. The molecule has 0 bridgehead atoms. The number of ether oxygens (including phenoxy) is 1. The fourth-order valence-electron chi connectivity index (χ4n) is 3.30. The summed E-state index contributed by atoms with van der Waals surface area (Å²) in [6.45, 7) is 3.20. The maximum absolute atomic E-state index is 13.5. The summed E-state index contributed by atoms with van der Waals surface area (Å²) < 4.78 is 33.3. The second-order valence-corrected chi connectivity index (χ2v) is 11.2. The van der Waals surface area contributed by atoms with Gasteiger partial charge in [-0.1, -0.05) is 46.7 Å². The number of carbonyl (C=O) groups excluding carboxylic acids is 1. The predicted octanol–water partition coefficient (Wildman–Crippen LogP) is 5.32. The molecule has 1 amide bonds. The Balaban J connectivity index is 1.59. The van der Waals surface area contributed by atoms with Gasteiger partial charge in [0.1, 0.15) is 17.3 Å². The number of benzene rings is 3. The lowest BCUT2D eigenvalue weighted by Crippen LogP contribution is -2.38. The average Bonchev–Trinajstić information content (AvgIpc) is 3.33. The SMILES string of the molecule is COc1ccc(-c2nnc(NC(=O)CN(c3ccc(C)c(Cl)c3)S(=O)(=O)c3ccc(C)cc3)s2)cc1. The Labute approximate surface area is 218 Å². The zero-order chi connectivity index (χ0) is 25.9. The Hall–Kier alpha value is -3.47. The van der Waals surface area contributed by atoms with Crippen molar-refractivity contribution >= 4 is 49.7 Å². The van der Waals surface area contributed by atoms with Crippen LogP contribution in [-0.4, -0.2) is 38.2 Å². The van der Waals surface area contributed by atoms with Crippen LogP contribution in [0.2, 0.25) is 5.02 Å². The minimum atomic E-state index is -4.06. The Kier molecular flexibility index (Phi) is 7.58. The smallest absolute Gasteiger partial charge is 0.264 e. The molecule has 1 heterocycles. The summed E-state index contributed by atoms with van der Waals surface area (Å²) in [6, 6.07) is 18.6. The third-order valence-corrected chi connectivity index (χ3v) is 8.43. The first-order valence-electron chi connectivity index (χ1n) is 10.8. The maximum Gasteiger partial charge on any atom is 0.264 e. The number of amides is 1. The molecule has 0 saturated carbocycles. The topological polar surface area (TPSA) is 101 Å². The second kappa shape index (κ2) is 10.7. The number of nitrogens with one attached hydrogen (secondary N) is 1. The molecular weight excluding hydrogens is 520 g/mol. The number of methoxy groups -OCH3 is 1. The fraction of sp³-hybridized carbons (Fsp3) is 0.160. The van der Waals surface area contributed by atoms with Crippen LogP contribution in [0.15, 0.2) is 71.6 Å². The molecule has 8 nitrogen and oxygen atoms in total. The van der Waals surface area contributed by atoms with Gasteiger partial charge in [-0.3, -0.25) is 14.4 Å². The van der Waals surface area contributed by atoms with Crippen LogP contribution in [0.5, 0.6) is 5.75 Å². The Morgan fingerprint density at radius 3 is 2.36 bits per heavy atom. The molecule has 36 heavy (non-hydrogen) atoms. The molecule has 1 aromatic heterocycles. The van der Waals surface area contributed by atoms with Gasteiger partial charge in [-0.05, 0) is 67.9 Å². The van der Waals surface area contributed by atoms with Crippen LogP contribution in [0.1, 0.15) is 11.1 Å². The monoisotopic (exact) mass is 542 g/mol. The largest absolute Gasteiger partial charge is 0.497 e. The van der Waals surface area contributed by atoms with Crippen molar-refractivity contribution in [3.63, 3.8) is 0 Å². The number of nitrogens with zero attached hydrogens (tertiary/aromatic N) is 3. The highest BCUT2D eigenvalue weighted by Gasteiger charge is 2.28. The molecule has 0 saturated heterocycles. The second-order valence-electron chi connectivity index (χ2n) is 7.95. The van der Waals surface area contributed by atoms with E-state index in [0.717, 1.165) is 21.0 Å². The summed E-state index contributed by atoms with van der Waals surface area (Å²) in [4.78, 5) is 13.0. The van der Waals surface area contributed by atoms with Gasteiger partial charge in [0, 0.05) is 10.6 Å². The van der Waals surface area contributed by atoms with Crippen molar-refractivity contribution in [1.82, 2.24) is 10.2 Å². The van der Waals surface area contributed by atoms with Gasteiger partial charge >= 0.3 is 0 Å². The summed E-state index contributed by atoms with van der Waals surface area (Å²) in [5, 5.41) is 12.0. The molecule has 0 unspecified atom stereocenters. The van der Waals surface area contributed by atoms with Crippen LogP contribution in [0.25, 0.3) is 10.6 Å². The van der Waals surface area contributed by atoms with Gasteiger partial charge in [0.15, 0.2) is 0 Å². The zero-order valence-electron chi connectivity index (χ0n) is 19.7. The molecule has 0 aliphatic heterocycles. The predicted molar refractivity (Wildman–Crippen MR) is 142 cm³/mol. The molecule has 0 radical (unpaired) electrons. The van der Waals surface area contributed by atoms with Gasteiger partial charge in [0.25, 0.3) is 10.0 Å². The van der Waals surface area contributed by atoms with Crippen LogP contribution >= 0.6 is 22.9 Å². The number of anilines is 2. The first-order chi connectivity index (χ1) is 17.2. The molecule has 4 aromatic rings. The number of carbonyl (C=O) groups is 1. The van der Waals surface area contributed by atoms with Crippen molar-refractivity contribution in [2.24, 2.45) is 0 Å². The minimum absolute atomic E-state index is 0.0651. The molecule has 0 fully saturated rings. The van der Waals surface area contributed by atoms with Crippen molar-refractivity contribution in [1.29, 1.82) is 0 Å². The van der Waals surface area contributed by atoms with Gasteiger partial charge in [-0.25, -0.2) is 8.42 Å². The molecule has 11 heteroatoms. The quantitative estimate of drug-likeness (QED) is 0.323. The summed E-state index contributed by atoms with van der Waals surface area (Å²) in [6.07, 6.45) is 0. The van der Waals surface area contributed by atoms with Crippen LogP contribution in [0.3, 0.4) is 0 Å². The Morgan fingerprint density at radius 2 is 1.72 bits per heavy atom. The third kappa shape index (κ3) is 5.67. The van der Waals surface area contributed by atoms with Crippen LogP contribution < -0.4 is 14.4 Å². The number of rotatable bonds is 8. The van der Waals surface area contributed by atoms with E-state index in [9.17, 15) is 13.2 Å². The summed E-state index contributed by atoms with van der Waals surface area (Å²) in [5.74, 6) is 0.141. The number of aromatic nitrogens is 2. The van der Waals surface area contributed by atoms with E-state index in [-0.39, 0.29) is 15.7 Å². The molecule has 4 rings (SSSR count). The molecule has 0 aliphatic rings.